The number of morpholine rings is 2. The van der Waals surface area contributed by atoms with Crippen molar-refractivity contribution in [1.29, 1.82) is 0 Å². The minimum atomic E-state index is 0.0930. The van der Waals surface area contributed by atoms with Gasteiger partial charge in [-0.25, -0.2) is 4.98 Å². The van der Waals surface area contributed by atoms with Gasteiger partial charge in [-0.2, -0.15) is 15.0 Å². The number of carbonyl (C=O) groups excluding carboxylic acids is 1. The Morgan fingerprint density at radius 1 is 0.923 bits per heavy atom. The van der Waals surface area contributed by atoms with Gasteiger partial charge in [0.15, 0.2) is 4.34 Å². The monoisotopic (exact) mass is 570 g/mol. The number of thiazole rings is 1. The molecule has 1 amide bonds. The van der Waals surface area contributed by atoms with Crippen LogP contribution in [0.1, 0.15) is 32.1 Å². The number of rotatable bonds is 8. The molecule has 3 aliphatic rings. The van der Waals surface area contributed by atoms with E-state index in [4.69, 9.17) is 29.4 Å². The quantitative estimate of drug-likeness (QED) is 0.388. The molecule has 2 aromatic heterocycles. The number of nitrogens with zero attached hydrogens (tertiary/aromatic N) is 6. The van der Waals surface area contributed by atoms with Gasteiger partial charge in [0.05, 0.1) is 42.4 Å². The lowest BCUT2D eigenvalue weighted by atomic mass is 9.95. The van der Waals surface area contributed by atoms with Gasteiger partial charge in [0.1, 0.15) is 0 Å². The van der Waals surface area contributed by atoms with Crippen LogP contribution >= 0.6 is 23.1 Å². The Balaban J connectivity index is 1.15. The van der Waals surface area contributed by atoms with E-state index in [1.54, 1.807) is 11.3 Å². The number of hydrogen-bond acceptors (Lipinski definition) is 12. The van der Waals surface area contributed by atoms with Crippen molar-refractivity contribution in [3.05, 3.63) is 18.2 Å². The molecule has 1 aliphatic carbocycles. The lowest BCUT2D eigenvalue weighted by molar-refractivity contribution is -0.119. The smallest absolute Gasteiger partial charge is 0.233 e. The molecule has 11 nitrogen and oxygen atoms in total. The number of thioether (sulfide) groups is 1. The van der Waals surface area contributed by atoms with Crippen LogP contribution in [0.15, 0.2) is 22.5 Å². The number of nitrogens with one attached hydrogen (secondary N) is 2. The Kier molecular flexibility index (Phi) is 8.57. The molecule has 3 fully saturated rings. The van der Waals surface area contributed by atoms with E-state index in [2.05, 4.69) is 26.5 Å². The molecule has 1 saturated carbocycles. The number of hydrogen-bond donors (Lipinski definition) is 2. The predicted molar refractivity (Wildman–Crippen MR) is 155 cm³/mol. The van der Waals surface area contributed by atoms with Crippen LogP contribution in [0.3, 0.4) is 0 Å². The Bertz CT molecular complexity index is 1240. The fourth-order valence-corrected chi connectivity index (χ4v) is 6.95. The number of fused-ring (bicyclic) bond motifs is 1. The van der Waals surface area contributed by atoms with Gasteiger partial charge in [-0.3, -0.25) is 4.79 Å². The molecule has 13 heteroatoms. The van der Waals surface area contributed by atoms with Crippen molar-refractivity contribution in [1.82, 2.24) is 25.3 Å². The Labute approximate surface area is 236 Å². The topological polar surface area (TPSA) is 118 Å². The van der Waals surface area contributed by atoms with Crippen molar-refractivity contribution in [3.63, 3.8) is 0 Å². The van der Waals surface area contributed by atoms with Crippen LogP contribution in [0.2, 0.25) is 0 Å². The zero-order chi connectivity index (χ0) is 26.4. The first-order valence-electron chi connectivity index (χ1n) is 13.7. The molecule has 208 valence electrons. The second kappa shape index (κ2) is 12.6. The highest BCUT2D eigenvalue weighted by Gasteiger charge is 2.21. The van der Waals surface area contributed by atoms with E-state index in [0.717, 1.165) is 59.3 Å². The summed E-state index contributed by atoms with van der Waals surface area (Å²) in [4.78, 5) is 35.7. The van der Waals surface area contributed by atoms with E-state index >= 15 is 0 Å². The number of ether oxygens (including phenoxy) is 2. The summed E-state index contributed by atoms with van der Waals surface area (Å²) in [6, 6.07) is 6.37. The van der Waals surface area contributed by atoms with Crippen molar-refractivity contribution >= 4 is 62.8 Å². The summed E-state index contributed by atoms with van der Waals surface area (Å²) in [5.41, 5.74) is 1.80. The number of amides is 1. The van der Waals surface area contributed by atoms with Gasteiger partial charge in [-0.15, -0.1) is 11.3 Å². The van der Waals surface area contributed by atoms with Crippen LogP contribution in [-0.4, -0.2) is 90.2 Å². The molecule has 3 aromatic rings. The fraction of sp³-hybridized carbons (Fsp3) is 0.577. The van der Waals surface area contributed by atoms with E-state index < -0.39 is 0 Å². The first kappa shape index (κ1) is 26.5. The summed E-state index contributed by atoms with van der Waals surface area (Å²) in [5, 5.41) is 6.57. The Morgan fingerprint density at radius 2 is 1.59 bits per heavy atom. The molecule has 4 heterocycles. The van der Waals surface area contributed by atoms with Crippen molar-refractivity contribution < 1.29 is 14.3 Å². The van der Waals surface area contributed by atoms with E-state index in [-0.39, 0.29) is 5.91 Å². The molecule has 0 atom stereocenters. The molecule has 1 aromatic carbocycles. The van der Waals surface area contributed by atoms with E-state index in [1.807, 2.05) is 12.1 Å². The SMILES string of the molecule is O=C(CSc1nc2ccc(Nc3nc(N4CCOCC4)nc(N4CCOCC4)n3)cc2s1)NC1CCCCC1. The number of carbonyl (C=O) groups is 1. The van der Waals surface area contributed by atoms with Crippen LogP contribution < -0.4 is 20.4 Å². The van der Waals surface area contributed by atoms with E-state index in [1.165, 1.54) is 31.0 Å². The lowest BCUT2D eigenvalue weighted by Crippen LogP contribution is -2.40. The second-order valence-electron chi connectivity index (χ2n) is 9.94. The molecule has 2 saturated heterocycles. The predicted octanol–water partition coefficient (Wildman–Crippen LogP) is 3.44. The van der Waals surface area contributed by atoms with Gasteiger partial charge < -0.3 is 29.9 Å². The normalized spacial score (nSPS) is 18.9. The molecule has 6 rings (SSSR count). The first-order chi connectivity index (χ1) is 19.2. The maximum absolute atomic E-state index is 12.4. The summed E-state index contributed by atoms with van der Waals surface area (Å²) in [5.74, 6) is 2.30. The minimum Gasteiger partial charge on any atom is -0.378 e. The highest BCUT2D eigenvalue weighted by atomic mass is 32.2. The molecular formula is C26H34N8O3S2. The van der Waals surface area contributed by atoms with Gasteiger partial charge in [0.2, 0.25) is 23.8 Å². The average molecular weight is 571 g/mol. The van der Waals surface area contributed by atoms with Gasteiger partial charge in [0.25, 0.3) is 0 Å². The van der Waals surface area contributed by atoms with Crippen LogP contribution in [-0.2, 0) is 14.3 Å². The molecular weight excluding hydrogens is 536 g/mol. The third kappa shape index (κ3) is 6.89. The van der Waals surface area contributed by atoms with Gasteiger partial charge in [-0.1, -0.05) is 31.0 Å². The molecule has 0 bridgehead atoms. The van der Waals surface area contributed by atoms with Crippen molar-refractivity contribution in [2.45, 2.75) is 42.5 Å². The van der Waals surface area contributed by atoms with Crippen LogP contribution in [0, 0.1) is 0 Å². The molecule has 2 aliphatic heterocycles. The molecule has 0 unspecified atom stereocenters. The number of benzene rings is 1. The Morgan fingerprint density at radius 3 is 2.26 bits per heavy atom. The first-order valence-corrected chi connectivity index (χ1v) is 15.5. The van der Waals surface area contributed by atoms with Gasteiger partial charge in [0, 0.05) is 37.9 Å². The maximum Gasteiger partial charge on any atom is 0.233 e. The number of anilines is 4. The summed E-state index contributed by atoms with van der Waals surface area (Å²) in [6.07, 6.45) is 5.88. The lowest BCUT2D eigenvalue weighted by Gasteiger charge is -2.30. The van der Waals surface area contributed by atoms with E-state index in [9.17, 15) is 4.79 Å². The van der Waals surface area contributed by atoms with E-state index in [0.29, 0.717) is 56.1 Å². The highest BCUT2D eigenvalue weighted by Crippen LogP contribution is 2.32. The third-order valence-electron chi connectivity index (χ3n) is 7.12. The highest BCUT2D eigenvalue weighted by molar-refractivity contribution is 8.01. The minimum absolute atomic E-state index is 0.0930. The average Bonchev–Trinajstić information content (AvgIpc) is 3.40. The summed E-state index contributed by atoms with van der Waals surface area (Å²) >= 11 is 3.09. The molecule has 39 heavy (non-hydrogen) atoms. The van der Waals surface area contributed by atoms with Gasteiger partial charge in [-0.05, 0) is 31.0 Å². The molecule has 2 N–H and O–H groups in total. The molecule has 0 radical (unpaired) electrons. The molecule has 0 spiro atoms. The zero-order valence-electron chi connectivity index (χ0n) is 21.9. The summed E-state index contributed by atoms with van der Waals surface area (Å²) < 4.78 is 13.0. The summed E-state index contributed by atoms with van der Waals surface area (Å²) in [6.45, 7) is 5.63. The Hall–Kier alpha value is -2.74. The second-order valence-corrected chi connectivity index (χ2v) is 12.2. The third-order valence-corrected chi connectivity index (χ3v) is 9.28. The van der Waals surface area contributed by atoms with Gasteiger partial charge >= 0.3 is 0 Å². The largest absolute Gasteiger partial charge is 0.378 e. The van der Waals surface area contributed by atoms with Crippen LogP contribution in [0.25, 0.3) is 10.2 Å². The zero-order valence-corrected chi connectivity index (χ0v) is 23.6. The van der Waals surface area contributed by atoms with Crippen molar-refractivity contribution in [3.8, 4) is 0 Å². The van der Waals surface area contributed by atoms with Crippen molar-refractivity contribution in [2.24, 2.45) is 0 Å². The van der Waals surface area contributed by atoms with Crippen molar-refractivity contribution in [2.75, 3.05) is 73.5 Å². The number of aromatic nitrogens is 4. The standard InChI is InChI=1S/C26H34N8O3S2/c35-22(27-18-4-2-1-3-5-18)17-38-26-29-20-7-6-19(16-21(20)39-26)28-23-30-24(33-8-12-36-13-9-33)32-25(31-23)34-10-14-37-15-11-34/h6-7,16,18H,1-5,8-15,17H2,(H,27,35)(H,28,30,31,32). The van der Waals surface area contributed by atoms with Crippen LogP contribution in [0.4, 0.5) is 23.5 Å². The van der Waals surface area contributed by atoms with Crippen LogP contribution in [0.5, 0.6) is 0 Å². The fourth-order valence-electron chi connectivity index (χ4n) is 5.03. The summed E-state index contributed by atoms with van der Waals surface area (Å²) in [7, 11) is 0. The maximum atomic E-state index is 12.4.